The van der Waals surface area contributed by atoms with Crippen molar-refractivity contribution in [1.29, 1.82) is 0 Å². The SMILES string of the molecule is COc1ccc2c(c1)C(O)C(C1COc3ccc(OC4CCCC4)cc3C1O)CO2. The van der Waals surface area contributed by atoms with E-state index in [9.17, 15) is 10.2 Å². The third kappa shape index (κ3) is 3.48. The molecule has 0 spiro atoms. The van der Waals surface area contributed by atoms with Gasteiger partial charge in [0.1, 0.15) is 23.0 Å². The largest absolute Gasteiger partial charge is 0.497 e. The van der Waals surface area contributed by atoms with E-state index in [1.54, 1.807) is 13.2 Å². The molecule has 2 aliphatic heterocycles. The van der Waals surface area contributed by atoms with Gasteiger partial charge < -0.3 is 29.2 Å². The molecule has 4 unspecified atom stereocenters. The Bertz CT molecular complexity index is 907. The number of fused-ring (bicyclic) bond motifs is 2. The molecule has 1 fully saturated rings. The van der Waals surface area contributed by atoms with Crippen molar-refractivity contribution in [3.63, 3.8) is 0 Å². The van der Waals surface area contributed by atoms with Gasteiger partial charge in [-0.1, -0.05) is 0 Å². The van der Waals surface area contributed by atoms with Crippen LogP contribution in [0.2, 0.25) is 0 Å². The highest BCUT2D eigenvalue weighted by Gasteiger charge is 2.42. The van der Waals surface area contributed by atoms with Crippen LogP contribution in [0.25, 0.3) is 0 Å². The van der Waals surface area contributed by atoms with Crippen LogP contribution in [-0.2, 0) is 0 Å². The molecule has 30 heavy (non-hydrogen) atoms. The molecule has 0 bridgehead atoms. The van der Waals surface area contributed by atoms with Crippen molar-refractivity contribution in [2.75, 3.05) is 20.3 Å². The fraction of sp³-hybridized carbons (Fsp3) is 0.500. The Morgan fingerprint density at radius 2 is 1.33 bits per heavy atom. The smallest absolute Gasteiger partial charge is 0.125 e. The lowest BCUT2D eigenvalue weighted by molar-refractivity contribution is -0.0553. The molecule has 2 N–H and O–H groups in total. The van der Waals surface area contributed by atoms with E-state index in [0.29, 0.717) is 41.6 Å². The van der Waals surface area contributed by atoms with E-state index in [2.05, 4.69) is 0 Å². The first-order valence-electron chi connectivity index (χ1n) is 10.7. The Hall–Kier alpha value is -2.44. The Morgan fingerprint density at radius 3 is 1.90 bits per heavy atom. The molecule has 0 amide bonds. The summed E-state index contributed by atoms with van der Waals surface area (Å²) in [5.74, 6) is 2.15. The molecule has 0 aromatic heterocycles. The quantitative estimate of drug-likeness (QED) is 0.795. The highest BCUT2D eigenvalue weighted by atomic mass is 16.5. The van der Waals surface area contributed by atoms with Gasteiger partial charge in [0.15, 0.2) is 0 Å². The molecule has 160 valence electrons. The first-order valence-corrected chi connectivity index (χ1v) is 10.7. The molecule has 0 radical (unpaired) electrons. The summed E-state index contributed by atoms with van der Waals surface area (Å²) in [6, 6.07) is 11.1. The fourth-order valence-electron chi connectivity index (χ4n) is 4.91. The van der Waals surface area contributed by atoms with Crippen LogP contribution in [0.1, 0.15) is 49.0 Å². The minimum atomic E-state index is -0.772. The van der Waals surface area contributed by atoms with Crippen molar-refractivity contribution in [1.82, 2.24) is 0 Å². The van der Waals surface area contributed by atoms with Crippen molar-refractivity contribution in [3.8, 4) is 23.0 Å². The van der Waals surface area contributed by atoms with Crippen molar-refractivity contribution in [3.05, 3.63) is 47.5 Å². The molecule has 3 aliphatic rings. The van der Waals surface area contributed by atoms with Gasteiger partial charge in [-0.3, -0.25) is 0 Å². The van der Waals surface area contributed by atoms with Crippen LogP contribution < -0.4 is 18.9 Å². The van der Waals surface area contributed by atoms with Crippen molar-refractivity contribution < 1.29 is 29.2 Å². The number of benzene rings is 2. The molecule has 5 rings (SSSR count). The molecule has 4 atom stereocenters. The first-order chi connectivity index (χ1) is 14.6. The minimum Gasteiger partial charge on any atom is -0.497 e. The summed E-state index contributed by atoms with van der Waals surface area (Å²) >= 11 is 0. The van der Waals surface area contributed by atoms with E-state index in [1.807, 2.05) is 30.3 Å². The number of methoxy groups -OCH3 is 1. The maximum Gasteiger partial charge on any atom is 0.125 e. The Balaban J connectivity index is 1.38. The predicted octanol–water partition coefficient (Wildman–Crippen LogP) is 3.80. The second kappa shape index (κ2) is 8.00. The maximum atomic E-state index is 11.2. The molecular formula is C24H28O6. The summed E-state index contributed by atoms with van der Waals surface area (Å²) in [6.07, 6.45) is 3.27. The zero-order valence-electron chi connectivity index (χ0n) is 17.1. The van der Waals surface area contributed by atoms with E-state index in [0.717, 1.165) is 18.6 Å². The van der Waals surface area contributed by atoms with Gasteiger partial charge in [-0.2, -0.15) is 0 Å². The summed E-state index contributed by atoms with van der Waals surface area (Å²) < 4.78 is 23.3. The van der Waals surface area contributed by atoms with Crippen molar-refractivity contribution >= 4 is 0 Å². The lowest BCUT2D eigenvalue weighted by atomic mass is 9.77. The monoisotopic (exact) mass is 412 g/mol. The van der Waals surface area contributed by atoms with Crippen LogP contribution in [0.15, 0.2) is 36.4 Å². The molecule has 1 saturated carbocycles. The van der Waals surface area contributed by atoms with Crippen LogP contribution in [-0.4, -0.2) is 36.6 Å². The average Bonchev–Trinajstić information content (AvgIpc) is 3.28. The Kier molecular flexibility index (Phi) is 5.21. The summed E-state index contributed by atoms with van der Waals surface area (Å²) in [4.78, 5) is 0. The number of rotatable bonds is 4. The van der Waals surface area contributed by atoms with Gasteiger partial charge in [-0.25, -0.2) is 0 Å². The van der Waals surface area contributed by atoms with Crippen molar-refractivity contribution in [2.24, 2.45) is 11.8 Å². The van der Waals surface area contributed by atoms with Gasteiger partial charge in [0, 0.05) is 23.0 Å². The van der Waals surface area contributed by atoms with E-state index in [1.165, 1.54) is 12.8 Å². The van der Waals surface area contributed by atoms with Gasteiger partial charge in [0.2, 0.25) is 0 Å². The number of aliphatic hydroxyl groups is 2. The standard InChI is InChI=1S/C24H28O6/c1-27-15-6-8-21-17(10-15)23(25)19(12-28-21)20-13-29-22-9-7-16(11-18(22)24(20)26)30-14-4-2-3-5-14/h6-11,14,19-20,23-26H,2-5,12-13H2,1H3. The summed E-state index contributed by atoms with van der Waals surface area (Å²) in [5, 5.41) is 22.3. The topological polar surface area (TPSA) is 77.4 Å². The molecule has 2 aromatic carbocycles. The van der Waals surface area contributed by atoms with Gasteiger partial charge in [-0.15, -0.1) is 0 Å². The zero-order chi connectivity index (χ0) is 20.7. The Labute approximate surface area is 176 Å². The van der Waals surface area contributed by atoms with E-state index in [4.69, 9.17) is 18.9 Å². The van der Waals surface area contributed by atoms with E-state index in [-0.39, 0.29) is 17.9 Å². The minimum absolute atomic E-state index is 0.251. The molecule has 0 saturated heterocycles. The number of aliphatic hydroxyl groups excluding tert-OH is 2. The van der Waals surface area contributed by atoms with Gasteiger partial charge >= 0.3 is 0 Å². The number of ether oxygens (including phenoxy) is 4. The summed E-state index contributed by atoms with van der Waals surface area (Å²) in [5.41, 5.74) is 1.40. The third-order valence-corrected chi connectivity index (χ3v) is 6.66. The van der Waals surface area contributed by atoms with Crippen LogP contribution in [0.3, 0.4) is 0 Å². The molecule has 2 aromatic rings. The summed E-state index contributed by atoms with van der Waals surface area (Å²) in [6.45, 7) is 0.639. The van der Waals surface area contributed by atoms with E-state index < -0.39 is 12.2 Å². The maximum absolute atomic E-state index is 11.2. The van der Waals surface area contributed by atoms with Gasteiger partial charge in [0.25, 0.3) is 0 Å². The lowest BCUT2D eigenvalue weighted by Crippen LogP contribution is -2.40. The predicted molar refractivity (Wildman–Crippen MR) is 110 cm³/mol. The summed E-state index contributed by atoms with van der Waals surface area (Å²) in [7, 11) is 1.59. The molecule has 2 heterocycles. The first kappa shape index (κ1) is 19.5. The second-order valence-corrected chi connectivity index (χ2v) is 8.47. The molecule has 6 heteroatoms. The molecular weight excluding hydrogens is 384 g/mol. The zero-order valence-corrected chi connectivity index (χ0v) is 17.1. The van der Waals surface area contributed by atoms with Crippen LogP contribution in [0.5, 0.6) is 23.0 Å². The highest BCUT2D eigenvalue weighted by molar-refractivity contribution is 5.45. The number of hydrogen-bond donors (Lipinski definition) is 2. The highest BCUT2D eigenvalue weighted by Crippen LogP contribution is 2.47. The second-order valence-electron chi connectivity index (χ2n) is 8.47. The number of hydrogen-bond acceptors (Lipinski definition) is 6. The van der Waals surface area contributed by atoms with Crippen LogP contribution >= 0.6 is 0 Å². The molecule has 6 nitrogen and oxygen atoms in total. The Morgan fingerprint density at radius 1 is 0.800 bits per heavy atom. The van der Waals surface area contributed by atoms with Crippen molar-refractivity contribution in [2.45, 2.75) is 44.0 Å². The molecule has 1 aliphatic carbocycles. The fourth-order valence-corrected chi connectivity index (χ4v) is 4.91. The van der Waals surface area contributed by atoms with Gasteiger partial charge in [0.05, 0.1) is 38.6 Å². The third-order valence-electron chi connectivity index (χ3n) is 6.66. The normalized spacial score (nSPS) is 28.1. The van der Waals surface area contributed by atoms with E-state index >= 15 is 0 Å². The average molecular weight is 412 g/mol. The van der Waals surface area contributed by atoms with Gasteiger partial charge in [-0.05, 0) is 62.1 Å². The van der Waals surface area contributed by atoms with Crippen LogP contribution in [0, 0.1) is 11.8 Å². The van der Waals surface area contributed by atoms with Crippen LogP contribution in [0.4, 0.5) is 0 Å². The lowest BCUT2D eigenvalue weighted by Gasteiger charge is -2.40.